The van der Waals surface area contributed by atoms with Gasteiger partial charge in [0.25, 0.3) is 0 Å². The van der Waals surface area contributed by atoms with E-state index in [0.29, 0.717) is 12.6 Å². The number of hydrogen-bond donors (Lipinski definition) is 1. The molecule has 1 aromatic heterocycles. The third kappa shape index (κ3) is 3.61. The van der Waals surface area contributed by atoms with Crippen LogP contribution in [0.25, 0.3) is 0 Å². The summed E-state index contributed by atoms with van der Waals surface area (Å²) in [4.78, 5) is 12.8. The van der Waals surface area contributed by atoms with Crippen molar-refractivity contribution < 1.29 is 9.90 Å². The molecule has 0 aliphatic carbocycles. The summed E-state index contributed by atoms with van der Waals surface area (Å²) < 4.78 is 0. The first-order chi connectivity index (χ1) is 7.52. The topological polar surface area (TPSA) is 40.5 Å². The standard InChI is InChI=1S/C12H19NO2S/c1-9(2)13(6-4-12(14)15)10(3)11-5-7-16-8-11/h5,7-10H,4,6H2,1-3H3,(H,14,15). The highest BCUT2D eigenvalue weighted by molar-refractivity contribution is 7.07. The molecule has 1 unspecified atom stereocenters. The molecule has 0 saturated carbocycles. The van der Waals surface area contributed by atoms with Crippen molar-refractivity contribution in [1.82, 2.24) is 4.90 Å². The number of carbonyl (C=O) groups is 1. The minimum Gasteiger partial charge on any atom is -0.481 e. The van der Waals surface area contributed by atoms with Crippen LogP contribution in [-0.4, -0.2) is 28.6 Å². The zero-order valence-electron chi connectivity index (χ0n) is 10.0. The van der Waals surface area contributed by atoms with Crippen molar-refractivity contribution in [3.05, 3.63) is 22.4 Å². The van der Waals surface area contributed by atoms with E-state index in [1.165, 1.54) is 5.56 Å². The van der Waals surface area contributed by atoms with Gasteiger partial charge in [-0.1, -0.05) is 0 Å². The lowest BCUT2D eigenvalue weighted by Gasteiger charge is -2.32. The molecule has 0 saturated heterocycles. The third-order valence-electron chi connectivity index (χ3n) is 2.77. The van der Waals surface area contributed by atoms with E-state index >= 15 is 0 Å². The molecule has 4 heteroatoms. The number of hydrogen-bond acceptors (Lipinski definition) is 3. The van der Waals surface area contributed by atoms with Crippen molar-refractivity contribution in [2.24, 2.45) is 0 Å². The zero-order chi connectivity index (χ0) is 12.1. The van der Waals surface area contributed by atoms with E-state index in [4.69, 9.17) is 5.11 Å². The maximum Gasteiger partial charge on any atom is 0.304 e. The van der Waals surface area contributed by atoms with E-state index in [-0.39, 0.29) is 12.5 Å². The second-order valence-electron chi connectivity index (χ2n) is 4.21. The van der Waals surface area contributed by atoms with Crippen molar-refractivity contribution in [3.63, 3.8) is 0 Å². The van der Waals surface area contributed by atoms with Crippen LogP contribution in [0.3, 0.4) is 0 Å². The van der Waals surface area contributed by atoms with Crippen LogP contribution >= 0.6 is 11.3 Å². The molecule has 1 N–H and O–H groups in total. The molecule has 1 rings (SSSR count). The quantitative estimate of drug-likeness (QED) is 0.832. The van der Waals surface area contributed by atoms with Crippen LogP contribution in [0.4, 0.5) is 0 Å². The van der Waals surface area contributed by atoms with Gasteiger partial charge in [0, 0.05) is 18.6 Å². The number of nitrogens with zero attached hydrogens (tertiary/aromatic N) is 1. The predicted molar refractivity (Wildman–Crippen MR) is 66.8 cm³/mol. The van der Waals surface area contributed by atoms with Gasteiger partial charge < -0.3 is 5.11 Å². The summed E-state index contributed by atoms with van der Waals surface area (Å²) in [6.45, 7) is 6.93. The molecule has 0 aliphatic rings. The fourth-order valence-electron chi connectivity index (χ4n) is 1.83. The van der Waals surface area contributed by atoms with E-state index in [9.17, 15) is 4.79 Å². The first-order valence-corrected chi connectivity index (χ1v) is 6.46. The average Bonchev–Trinajstić information content (AvgIpc) is 2.69. The molecule has 1 aromatic rings. The molecular weight excluding hydrogens is 222 g/mol. The van der Waals surface area contributed by atoms with Crippen LogP contribution in [0.5, 0.6) is 0 Å². The van der Waals surface area contributed by atoms with Crippen LogP contribution in [0, 0.1) is 0 Å². The minimum absolute atomic E-state index is 0.201. The highest BCUT2D eigenvalue weighted by Crippen LogP contribution is 2.24. The van der Waals surface area contributed by atoms with E-state index < -0.39 is 5.97 Å². The Morgan fingerprint density at radius 2 is 2.19 bits per heavy atom. The number of carboxylic acids is 1. The molecule has 0 aliphatic heterocycles. The van der Waals surface area contributed by atoms with Gasteiger partial charge in [-0.15, -0.1) is 0 Å². The predicted octanol–water partition coefficient (Wildman–Crippen LogP) is 2.99. The Hall–Kier alpha value is -0.870. The highest BCUT2D eigenvalue weighted by atomic mass is 32.1. The number of rotatable bonds is 6. The van der Waals surface area contributed by atoms with Crippen LogP contribution < -0.4 is 0 Å². The van der Waals surface area contributed by atoms with Crippen LogP contribution in [0.15, 0.2) is 16.8 Å². The summed E-state index contributed by atoms with van der Waals surface area (Å²) in [6.07, 6.45) is 0.201. The maximum absolute atomic E-state index is 10.6. The van der Waals surface area contributed by atoms with E-state index in [1.807, 2.05) is 0 Å². The first-order valence-electron chi connectivity index (χ1n) is 5.52. The highest BCUT2D eigenvalue weighted by Gasteiger charge is 2.19. The second kappa shape index (κ2) is 6.01. The van der Waals surface area contributed by atoms with Gasteiger partial charge in [0.2, 0.25) is 0 Å². The lowest BCUT2D eigenvalue weighted by atomic mass is 10.1. The first kappa shape index (κ1) is 13.2. The molecule has 0 radical (unpaired) electrons. The van der Waals surface area contributed by atoms with Crippen molar-refractivity contribution in [3.8, 4) is 0 Å². The van der Waals surface area contributed by atoms with Crippen molar-refractivity contribution in [2.75, 3.05) is 6.54 Å². The molecule has 3 nitrogen and oxygen atoms in total. The molecule has 0 spiro atoms. The molecule has 1 atom stereocenters. The smallest absolute Gasteiger partial charge is 0.304 e. The number of aliphatic carboxylic acids is 1. The van der Waals surface area contributed by atoms with Gasteiger partial charge in [-0.05, 0) is 43.2 Å². The molecule has 0 bridgehead atoms. The van der Waals surface area contributed by atoms with Gasteiger partial charge in [0.1, 0.15) is 0 Å². The summed E-state index contributed by atoms with van der Waals surface area (Å²) in [7, 11) is 0. The van der Waals surface area contributed by atoms with Crippen LogP contribution in [0.2, 0.25) is 0 Å². The zero-order valence-corrected chi connectivity index (χ0v) is 10.8. The largest absolute Gasteiger partial charge is 0.481 e. The van der Waals surface area contributed by atoms with Gasteiger partial charge in [-0.2, -0.15) is 11.3 Å². The summed E-state index contributed by atoms with van der Waals surface area (Å²) in [5, 5.41) is 12.9. The monoisotopic (exact) mass is 241 g/mol. The Kier molecular flexibility index (Phi) is 4.96. The fraction of sp³-hybridized carbons (Fsp3) is 0.583. The molecule has 0 aromatic carbocycles. The molecule has 1 heterocycles. The Morgan fingerprint density at radius 1 is 1.50 bits per heavy atom. The average molecular weight is 241 g/mol. The summed E-state index contributed by atoms with van der Waals surface area (Å²) >= 11 is 1.68. The van der Waals surface area contributed by atoms with Gasteiger partial charge in [0.05, 0.1) is 6.42 Å². The van der Waals surface area contributed by atoms with E-state index in [2.05, 4.69) is 42.5 Å². The fourth-order valence-corrected chi connectivity index (χ4v) is 2.57. The van der Waals surface area contributed by atoms with Gasteiger partial charge >= 0.3 is 5.97 Å². The minimum atomic E-state index is -0.733. The molecule has 90 valence electrons. The Morgan fingerprint density at radius 3 is 2.62 bits per heavy atom. The third-order valence-corrected chi connectivity index (χ3v) is 3.47. The normalized spacial score (nSPS) is 13.3. The SMILES string of the molecule is CC(C)N(CCC(=O)O)C(C)c1ccsc1. The van der Waals surface area contributed by atoms with E-state index in [1.54, 1.807) is 11.3 Å². The van der Waals surface area contributed by atoms with E-state index in [0.717, 1.165) is 0 Å². The lowest BCUT2D eigenvalue weighted by Crippen LogP contribution is -2.35. The Bertz CT molecular complexity index is 322. The van der Waals surface area contributed by atoms with Crippen molar-refractivity contribution in [1.29, 1.82) is 0 Å². The lowest BCUT2D eigenvalue weighted by molar-refractivity contribution is -0.137. The Balaban J connectivity index is 2.66. The van der Waals surface area contributed by atoms with Crippen LogP contribution in [0.1, 0.15) is 38.8 Å². The number of carboxylic acid groups (broad SMARTS) is 1. The van der Waals surface area contributed by atoms with Crippen molar-refractivity contribution >= 4 is 17.3 Å². The molecule has 16 heavy (non-hydrogen) atoms. The summed E-state index contributed by atoms with van der Waals surface area (Å²) in [5.74, 6) is -0.733. The molecule has 0 amide bonds. The maximum atomic E-state index is 10.6. The second-order valence-corrected chi connectivity index (χ2v) is 4.99. The van der Waals surface area contributed by atoms with Gasteiger partial charge in [-0.3, -0.25) is 9.69 Å². The van der Waals surface area contributed by atoms with Crippen molar-refractivity contribution in [2.45, 2.75) is 39.3 Å². The summed E-state index contributed by atoms with van der Waals surface area (Å²) in [5.41, 5.74) is 1.27. The van der Waals surface area contributed by atoms with Gasteiger partial charge in [0.15, 0.2) is 0 Å². The van der Waals surface area contributed by atoms with Gasteiger partial charge in [-0.25, -0.2) is 0 Å². The molecular formula is C12H19NO2S. The van der Waals surface area contributed by atoms with Crippen LogP contribution in [-0.2, 0) is 4.79 Å². The Labute approximate surface area is 101 Å². The number of thiophene rings is 1. The molecule has 0 fully saturated rings. The summed E-state index contributed by atoms with van der Waals surface area (Å²) in [6, 6.07) is 2.74.